The molecule has 4 aliphatic heterocycles. The summed E-state index contributed by atoms with van der Waals surface area (Å²) < 4.78 is 5.84. The first kappa shape index (κ1) is 43.0. The normalized spacial score (nSPS) is 25.9. The molecule has 4 heterocycles. The molecule has 7 atom stereocenters. The van der Waals surface area contributed by atoms with Crippen LogP contribution in [-0.4, -0.2) is 94.1 Å². The third-order valence-electron chi connectivity index (χ3n) is 11.5. The lowest BCUT2D eigenvalue weighted by atomic mass is 9.90. The summed E-state index contributed by atoms with van der Waals surface area (Å²) in [6.45, 7) is -0.175. The third-order valence-corrected chi connectivity index (χ3v) is 12.6. The zero-order chi connectivity index (χ0) is 42.7. The first-order valence-corrected chi connectivity index (χ1v) is 21.8. The van der Waals surface area contributed by atoms with Crippen LogP contribution in [0.25, 0.3) is 11.1 Å². The highest BCUT2D eigenvalue weighted by atomic mass is 32.2. The summed E-state index contributed by atoms with van der Waals surface area (Å²) in [4.78, 5) is 84.6. The van der Waals surface area contributed by atoms with Crippen LogP contribution in [0.5, 0.6) is 0 Å². The summed E-state index contributed by atoms with van der Waals surface area (Å²) in [7, 11) is 0. The number of aliphatic carboxylic acids is 1. The van der Waals surface area contributed by atoms with Gasteiger partial charge in [-0.05, 0) is 84.8 Å². The maximum atomic E-state index is 14.6. The number of hydrogen-bond acceptors (Lipinski definition) is 8. The van der Waals surface area contributed by atoms with Gasteiger partial charge in [-0.15, -0.1) is 11.8 Å². The average Bonchev–Trinajstić information content (AvgIpc) is 4.00. The summed E-state index contributed by atoms with van der Waals surface area (Å²) >= 11 is 1.57. The first-order valence-electron chi connectivity index (χ1n) is 20.8. The summed E-state index contributed by atoms with van der Waals surface area (Å²) in [5.74, 6) is -4.22. The minimum Gasteiger partial charge on any atom is -0.484 e. The van der Waals surface area contributed by atoms with Crippen molar-refractivity contribution in [2.45, 2.75) is 86.8 Å². The molecule has 318 valence electrons. The van der Waals surface area contributed by atoms with E-state index in [0.717, 1.165) is 22.3 Å². The Morgan fingerprint density at radius 2 is 1.46 bits per heavy atom. The molecule has 13 nitrogen and oxygen atoms in total. The number of hydrogen-bond donors (Lipinski definition) is 5. The van der Waals surface area contributed by atoms with E-state index in [2.05, 4.69) is 21.3 Å². The monoisotopic (exact) mass is 845 g/mol. The second-order valence-electron chi connectivity index (χ2n) is 15.8. The largest absolute Gasteiger partial charge is 0.484 e. The molecule has 3 unspecified atom stereocenters. The smallest absolute Gasteiger partial charge is 0.326 e. The Hall–Kier alpha value is -6.15. The van der Waals surface area contributed by atoms with Gasteiger partial charge in [0.15, 0.2) is 6.61 Å². The number of carboxylic acid groups (broad SMARTS) is 1. The van der Waals surface area contributed by atoms with Gasteiger partial charge in [0.1, 0.15) is 36.0 Å². The molecule has 5 amide bonds. The van der Waals surface area contributed by atoms with Crippen molar-refractivity contribution in [1.29, 1.82) is 0 Å². The number of likely N-dealkylation sites (tertiary alicyclic amines) is 1. The molecule has 0 radical (unpaired) electrons. The van der Waals surface area contributed by atoms with Crippen molar-refractivity contribution in [3.8, 4) is 11.1 Å². The molecule has 0 aromatic heterocycles. The Kier molecular flexibility index (Phi) is 14.4. The number of fused-ring (bicyclic) bond motifs is 14. The van der Waals surface area contributed by atoms with Gasteiger partial charge in [-0.25, -0.2) is 4.79 Å². The summed E-state index contributed by atoms with van der Waals surface area (Å²) in [6, 6.07) is 21.4. The lowest BCUT2D eigenvalue weighted by Gasteiger charge is -2.33. The van der Waals surface area contributed by atoms with Crippen LogP contribution in [0, 0.1) is 5.92 Å². The highest BCUT2D eigenvalue weighted by Crippen LogP contribution is 2.29. The number of carbonyl (C=O) groups is 6. The van der Waals surface area contributed by atoms with Gasteiger partial charge in [0.25, 0.3) is 5.91 Å². The number of thioether (sulfide) groups is 1. The fourth-order valence-corrected chi connectivity index (χ4v) is 9.15. The Morgan fingerprint density at radius 1 is 0.770 bits per heavy atom. The number of nitrogens with one attached hydrogen (secondary N) is 4. The van der Waals surface area contributed by atoms with E-state index in [1.54, 1.807) is 30.0 Å². The summed E-state index contributed by atoms with van der Waals surface area (Å²) in [6.07, 6.45) is 9.71. The van der Waals surface area contributed by atoms with E-state index >= 15 is 0 Å². The van der Waals surface area contributed by atoms with Crippen molar-refractivity contribution < 1.29 is 38.6 Å². The summed E-state index contributed by atoms with van der Waals surface area (Å²) in [5.41, 5.74) is 3.66. The number of allylic oxidation sites excluding steroid dienone is 3. The van der Waals surface area contributed by atoms with Crippen LogP contribution in [-0.2, 0) is 46.3 Å². The molecule has 5 aliphatic rings. The van der Waals surface area contributed by atoms with E-state index in [9.17, 15) is 33.9 Å². The molecule has 2 bridgehead atoms. The topological polar surface area (TPSA) is 183 Å². The van der Waals surface area contributed by atoms with Crippen molar-refractivity contribution in [3.05, 3.63) is 132 Å². The number of aryl methyl sites for hydroxylation is 1. The number of amides is 5. The van der Waals surface area contributed by atoms with Crippen LogP contribution in [0.2, 0.25) is 0 Å². The molecule has 3 aromatic rings. The van der Waals surface area contributed by atoms with Crippen molar-refractivity contribution >= 4 is 47.3 Å². The van der Waals surface area contributed by atoms with Gasteiger partial charge >= 0.3 is 5.97 Å². The summed E-state index contributed by atoms with van der Waals surface area (Å²) in [5, 5.41) is 23.6. The van der Waals surface area contributed by atoms with Crippen LogP contribution in [0.3, 0.4) is 0 Å². The van der Waals surface area contributed by atoms with E-state index in [0.29, 0.717) is 31.4 Å². The molecule has 1 aliphatic carbocycles. The predicted molar refractivity (Wildman–Crippen MR) is 231 cm³/mol. The number of carboxylic acids is 1. The number of carbonyl (C=O) groups excluding carboxylic acids is 5. The van der Waals surface area contributed by atoms with Crippen LogP contribution in [0.4, 0.5) is 0 Å². The zero-order valence-electron chi connectivity index (χ0n) is 33.7. The average molecular weight is 846 g/mol. The van der Waals surface area contributed by atoms with Crippen LogP contribution >= 0.6 is 11.8 Å². The van der Waals surface area contributed by atoms with Crippen molar-refractivity contribution in [2.75, 3.05) is 13.2 Å². The van der Waals surface area contributed by atoms with E-state index < -0.39 is 78.2 Å². The lowest BCUT2D eigenvalue weighted by molar-refractivity contribution is -0.150. The highest BCUT2D eigenvalue weighted by Gasteiger charge is 2.41. The third kappa shape index (κ3) is 11.4. The molecule has 14 heteroatoms. The fraction of sp³-hybridized carbons (Fsp3) is 0.362. The molecular formula is C47H51N5O8S. The van der Waals surface area contributed by atoms with Gasteiger partial charge in [-0.2, -0.15) is 0 Å². The molecule has 61 heavy (non-hydrogen) atoms. The molecule has 0 saturated carbocycles. The van der Waals surface area contributed by atoms with Crippen LogP contribution in [0.15, 0.2) is 120 Å². The molecule has 1 saturated heterocycles. The number of rotatable bonds is 10. The number of ether oxygens (including phenoxy) is 1. The Balaban J connectivity index is 1.22. The van der Waals surface area contributed by atoms with Gasteiger partial charge in [0.2, 0.25) is 23.6 Å². The Morgan fingerprint density at radius 3 is 2.15 bits per heavy atom. The van der Waals surface area contributed by atoms with Crippen molar-refractivity contribution in [3.63, 3.8) is 0 Å². The minimum absolute atomic E-state index is 0.0293. The lowest BCUT2D eigenvalue weighted by Crippen LogP contribution is -2.60. The van der Waals surface area contributed by atoms with E-state index in [1.807, 2.05) is 96.4 Å². The minimum atomic E-state index is -1.18. The number of benzene rings is 3. The van der Waals surface area contributed by atoms with Gasteiger partial charge < -0.3 is 36.0 Å². The van der Waals surface area contributed by atoms with Gasteiger partial charge in [-0.1, -0.05) is 97.1 Å². The highest BCUT2D eigenvalue weighted by molar-refractivity contribution is 8.03. The van der Waals surface area contributed by atoms with Crippen molar-refractivity contribution in [1.82, 2.24) is 26.2 Å². The molecule has 5 N–H and O–H groups in total. The standard InChI is InChI=1S/C47H51N5O8S/c53-41-29-60-35-22-20-34(21-23-35)42(46(57)52-25-7-14-40(52)47(58)59)51-43(54)37(24-17-30-9-3-1-4-10-30)49-44(55)38(50-45(56)39(48-41)28-36-13-8-26-61-36)27-31-15-18-33(19-16-31)32-11-5-2-6-12-32/h1-6,8-12,15-16,18-20,22-23,26,34,36-40,42H,7,13-14,17,21,24-25,27-29H2,(H,48,53)(H,49,55)(H,50,56)(H,51,54)(H,58,59)/t34?,36?,37-,38+,39-,40+,42?/m1/s1. The molecular weight excluding hydrogens is 795 g/mol. The SMILES string of the molecule is O=C1COC2=CCC(C=C2)C(C(=O)N2CCC[C@H]2C(=O)O)NC(=O)[C@@H](CCc2ccccc2)NC(=O)[C@H](Cc2ccc(-c3ccccc3)cc2)NC(=O)[C@@H](CC2CC=CS2)N1. The Bertz CT molecular complexity index is 2150. The van der Waals surface area contributed by atoms with E-state index in [-0.39, 0.29) is 37.5 Å². The second-order valence-corrected chi connectivity index (χ2v) is 17.0. The fourth-order valence-electron chi connectivity index (χ4n) is 8.18. The van der Waals surface area contributed by atoms with Gasteiger partial charge in [0.05, 0.1) is 0 Å². The van der Waals surface area contributed by atoms with Crippen molar-refractivity contribution in [2.24, 2.45) is 5.92 Å². The first-order chi connectivity index (χ1) is 29.6. The van der Waals surface area contributed by atoms with E-state index in [1.165, 1.54) is 4.90 Å². The predicted octanol–water partition coefficient (Wildman–Crippen LogP) is 4.44. The number of nitrogens with zero attached hydrogens (tertiary/aromatic N) is 1. The molecule has 0 spiro atoms. The zero-order valence-corrected chi connectivity index (χ0v) is 34.6. The molecule has 8 rings (SSSR count). The van der Waals surface area contributed by atoms with Crippen LogP contribution in [0.1, 0.15) is 49.7 Å². The second kappa shape index (κ2) is 20.4. The molecule has 1 fully saturated rings. The van der Waals surface area contributed by atoms with E-state index in [4.69, 9.17) is 4.74 Å². The van der Waals surface area contributed by atoms with Gasteiger partial charge in [0, 0.05) is 24.1 Å². The van der Waals surface area contributed by atoms with Crippen LogP contribution < -0.4 is 21.3 Å². The Labute approximate surface area is 359 Å². The maximum Gasteiger partial charge on any atom is 0.326 e. The maximum absolute atomic E-state index is 14.6. The molecule has 3 aromatic carbocycles. The van der Waals surface area contributed by atoms with Gasteiger partial charge in [-0.3, -0.25) is 24.0 Å². The quantitative estimate of drug-likeness (QED) is 0.184.